The summed E-state index contributed by atoms with van der Waals surface area (Å²) in [4.78, 5) is 27.7. The summed E-state index contributed by atoms with van der Waals surface area (Å²) in [5, 5.41) is 14.0. The molecule has 30 heavy (non-hydrogen) atoms. The van der Waals surface area contributed by atoms with E-state index in [2.05, 4.69) is 5.16 Å². The van der Waals surface area contributed by atoms with Gasteiger partial charge in [-0.2, -0.15) is 5.26 Å². The zero-order valence-corrected chi connectivity index (χ0v) is 17.9. The summed E-state index contributed by atoms with van der Waals surface area (Å²) in [5.74, 6) is 0.127. The summed E-state index contributed by atoms with van der Waals surface area (Å²) in [6, 6.07) is 9.24. The number of nitriles is 1. The number of allylic oxidation sites excluding steroid dienone is 1. The summed E-state index contributed by atoms with van der Waals surface area (Å²) in [7, 11) is 0. The van der Waals surface area contributed by atoms with Gasteiger partial charge >= 0.3 is 0 Å². The molecule has 6 nitrogen and oxygen atoms in total. The number of carbonyl (C=O) groups is 2. The molecule has 2 heterocycles. The zero-order valence-electron chi connectivity index (χ0n) is 17.2. The maximum absolute atomic E-state index is 13.5. The standard InChI is InChI=1S/C23H22ClN3O3/c1-14-18(19(26-30-14)16-6-4-5-7-17(16)24)21(29)27-9-8-23(13-27)10-15(11-25)20(28)22(2,3)12-23/h4-7,10H,8-9,12-13H2,1-3H3/t23-/m1/s1. The molecule has 0 radical (unpaired) electrons. The fourth-order valence-electron chi connectivity index (χ4n) is 4.78. The van der Waals surface area contributed by atoms with E-state index in [9.17, 15) is 14.9 Å². The third kappa shape index (κ3) is 3.23. The molecule has 154 valence electrons. The molecule has 1 saturated heterocycles. The van der Waals surface area contributed by atoms with Gasteiger partial charge in [0.25, 0.3) is 5.91 Å². The molecule has 1 spiro atoms. The second-order valence-corrected chi connectivity index (χ2v) is 9.25. The molecule has 0 unspecified atom stereocenters. The third-order valence-corrected chi connectivity index (χ3v) is 6.43. The van der Waals surface area contributed by atoms with Crippen molar-refractivity contribution in [2.45, 2.75) is 33.6 Å². The number of hydrogen-bond donors (Lipinski definition) is 0. The normalized spacial score (nSPS) is 22.8. The van der Waals surface area contributed by atoms with Gasteiger partial charge in [-0.1, -0.05) is 54.9 Å². The molecule has 1 aliphatic carbocycles. The highest BCUT2D eigenvalue weighted by molar-refractivity contribution is 6.33. The summed E-state index contributed by atoms with van der Waals surface area (Å²) < 4.78 is 5.35. The molecule has 1 amide bonds. The minimum Gasteiger partial charge on any atom is -0.360 e. The summed E-state index contributed by atoms with van der Waals surface area (Å²) >= 11 is 6.32. The van der Waals surface area contributed by atoms with Gasteiger partial charge in [-0.15, -0.1) is 0 Å². The number of halogens is 1. The molecule has 1 fully saturated rings. The van der Waals surface area contributed by atoms with Gasteiger partial charge in [0.15, 0.2) is 5.78 Å². The van der Waals surface area contributed by atoms with Crippen LogP contribution in [-0.4, -0.2) is 34.8 Å². The molecule has 0 bridgehead atoms. The van der Waals surface area contributed by atoms with Crippen molar-refractivity contribution in [2.75, 3.05) is 13.1 Å². The van der Waals surface area contributed by atoms with Gasteiger partial charge in [0, 0.05) is 29.5 Å². The van der Waals surface area contributed by atoms with Crippen LogP contribution in [-0.2, 0) is 4.79 Å². The predicted octanol–water partition coefficient (Wildman–Crippen LogP) is 4.58. The highest BCUT2D eigenvalue weighted by Crippen LogP contribution is 2.48. The van der Waals surface area contributed by atoms with Crippen LogP contribution in [0.1, 0.15) is 42.8 Å². The first-order chi connectivity index (χ1) is 14.2. The summed E-state index contributed by atoms with van der Waals surface area (Å²) in [6.07, 6.45) is 3.09. The molecule has 4 rings (SSSR count). The van der Waals surface area contributed by atoms with E-state index < -0.39 is 5.41 Å². The van der Waals surface area contributed by atoms with Gasteiger partial charge in [-0.05, 0) is 25.8 Å². The lowest BCUT2D eigenvalue weighted by atomic mass is 9.64. The van der Waals surface area contributed by atoms with E-state index in [0.717, 1.165) is 0 Å². The lowest BCUT2D eigenvalue weighted by molar-refractivity contribution is -0.125. The Bertz CT molecular complexity index is 1120. The molecule has 0 N–H and O–H groups in total. The van der Waals surface area contributed by atoms with Gasteiger partial charge < -0.3 is 9.42 Å². The molecule has 1 atom stereocenters. The Kier molecular flexibility index (Phi) is 4.82. The fourth-order valence-corrected chi connectivity index (χ4v) is 5.01. The third-order valence-electron chi connectivity index (χ3n) is 6.10. The van der Waals surface area contributed by atoms with Gasteiger partial charge in [0.05, 0.1) is 10.6 Å². The minimum absolute atomic E-state index is 0.128. The number of ketones is 1. The number of aromatic nitrogens is 1. The van der Waals surface area contributed by atoms with Crippen LogP contribution in [0.25, 0.3) is 11.3 Å². The van der Waals surface area contributed by atoms with Crippen molar-refractivity contribution in [3.8, 4) is 17.3 Å². The molecule has 2 aromatic rings. The maximum atomic E-state index is 13.5. The summed E-state index contributed by atoms with van der Waals surface area (Å²) in [5.41, 5.74) is 0.651. The number of nitrogens with zero attached hydrogens (tertiary/aromatic N) is 3. The molecule has 2 aliphatic rings. The van der Waals surface area contributed by atoms with Gasteiger partial charge in [-0.25, -0.2) is 0 Å². The molecule has 7 heteroatoms. The topological polar surface area (TPSA) is 87.2 Å². The first-order valence-electron chi connectivity index (χ1n) is 9.86. The first kappa shape index (κ1) is 20.4. The largest absolute Gasteiger partial charge is 0.360 e. The van der Waals surface area contributed by atoms with Crippen LogP contribution in [0.3, 0.4) is 0 Å². The Morgan fingerprint density at radius 1 is 1.33 bits per heavy atom. The highest BCUT2D eigenvalue weighted by Gasteiger charge is 2.49. The van der Waals surface area contributed by atoms with E-state index >= 15 is 0 Å². The first-order valence-corrected chi connectivity index (χ1v) is 10.2. The molecule has 1 aliphatic heterocycles. The number of hydrogen-bond acceptors (Lipinski definition) is 5. The van der Waals surface area contributed by atoms with Crippen LogP contribution < -0.4 is 0 Å². The van der Waals surface area contributed by atoms with E-state index in [1.807, 2.05) is 32.0 Å². The lowest BCUT2D eigenvalue weighted by Crippen LogP contribution is -2.40. The molecule has 0 saturated carbocycles. The monoisotopic (exact) mass is 423 g/mol. The Balaban J connectivity index is 1.67. The van der Waals surface area contributed by atoms with Crippen molar-refractivity contribution in [2.24, 2.45) is 10.8 Å². The Hall–Kier alpha value is -2.91. The van der Waals surface area contributed by atoms with Gasteiger partial charge in [-0.3, -0.25) is 9.59 Å². The highest BCUT2D eigenvalue weighted by atomic mass is 35.5. The second-order valence-electron chi connectivity index (χ2n) is 8.84. The Morgan fingerprint density at radius 2 is 2.07 bits per heavy atom. The van der Waals surface area contributed by atoms with Crippen molar-refractivity contribution < 1.29 is 14.1 Å². The SMILES string of the molecule is Cc1onc(-c2ccccc2Cl)c1C(=O)N1CC[C@]2(C=C(C#N)C(=O)C(C)(C)C2)C1. The van der Waals surface area contributed by atoms with Gasteiger partial charge in [0.2, 0.25) is 0 Å². The smallest absolute Gasteiger partial charge is 0.259 e. The number of likely N-dealkylation sites (tertiary alicyclic amines) is 1. The van der Waals surface area contributed by atoms with E-state index in [1.54, 1.807) is 30.0 Å². The number of benzene rings is 1. The number of Topliss-reactive ketones (excluding diaryl/α,β-unsaturated/α-hetero) is 1. The second kappa shape index (κ2) is 7.10. The van der Waals surface area contributed by atoms with Crippen molar-refractivity contribution >= 4 is 23.3 Å². The number of rotatable bonds is 2. The van der Waals surface area contributed by atoms with E-state index in [-0.39, 0.29) is 22.7 Å². The fraction of sp³-hybridized carbons (Fsp3) is 0.391. The molecular formula is C23H22ClN3O3. The van der Waals surface area contributed by atoms with Crippen molar-refractivity contribution in [3.05, 3.63) is 52.3 Å². The molecule has 1 aromatic carbocycles. The molecule has 1 aromatic heterocycles. The van der Waals surface area contributed by atoms with Crippen LogP contribution in [0.15, 0.2) is 40.4 Å². The number of carbonyl (C=O) groups excluding carboxylic acids is 2. The number of aryl methyl sites for hydroxylation is 1. The van der Waals surface area contributed by atoms with Crippen molar-refractivity contribution in [1.82, 2.24) is 10.1 Å². The van der Waals surface area contributed by atoms with E-state index in [0.29, 0.717) is 53.5 Å². The summed E-state index contributed by atoms with van der Waals surface area (Å²) in [6.45, 7) is 6.42. The van der Waals surface area contributed by atoms with Crippen LogP contribution in [0.5, 0.6) is 0 Å². The predicted molar refractivity (Wildman–Crippen MR) is 112 cm³/mol. The van der Waals surface area contributed by atoms with Crippen LogP contribution >= 0.6 is 11.6 Å². The van der Waals surface area contributed by atoms with Crippen LogP contribution in [0, 0.1) is 29.1 Å². The zero-order chi connectivity index (χ0) is 21.7. The van der Waals surface area contributed by atoms with Crippen LogP contribution in [0.4, 0.5) is 0 Å². The maximum Gasteiger partial charge on any atom is 0.259 e. The van der Waals surface area contributed by atoms with Crippen molar-refractivity contribution in [1.29, 1.82) is 5.26 Å². The Morgan fingerprint density at radius 3 is 2.77 bits per heavy atom. The minimum atomic E-state index is -0.630. The Labute approximate surface area is 180 Å². The molecular weight excluding hydrogens is 402 g/mol. The lowest BCUT2D eigenvalue weighted by Gasteiger charge is -2.38. The average molecular weight is 424 g/mol. The van der Waals surface area contributed by atoms with Crippen molar-refractivity contribution in [3.63, 3.8) is 0 Å². The quantitative estimate of drug-likeness (QED) is 0.705. The number of amides is 1. The van der Waals surface area contributed by atoms with E-state index in [4.69, 9.17) is 16.1 Å². The van der Waals surface area contributed by atoms with Gasteiger partial charge in [0.1, 0.15) is 23.1 Å². The van der Waals surface area contributed by atoms with E-state index in [1.165, 1.54) is 0 Å². The van der Waals surface area contributed by atoms with Crippen LogP contribution in [0.2, 0.25) is 5.02 Å². The average Bonchev–Trinajstić information content (AvgIpc) is 3.28.